The third-order valence-corrected chi connectivity index (χ3v) is 8.99. The number of halogens is 2. The highest BCUT2D eigenvalue weighted by Crippen LogP contribution is 2.28. The third-order valence-electron chi connectivity index (χ3n) is 4.57. The van der Waals surface area contributed by atoms with Crippen LogP contribution < -0.4 is 5.32 Å². The molecule has 1 heterocycles. The molecule has 1 aliphatic heterocycles. The Morgan fingerprint density at radius 3 is 2.48 bits per heavy atom. The van der Waals surface area contributed by atoms with Gasteiger partial charge in [-0.25, -0.2) is 21.2 Å². The largest absolute Gasteiger partial charge is 0.308 e. The smallest absolute Gasteiger partial charge is 0.186 e. The molecule has 9 heteroatoms. The molecule has 0 amide bonds. The highest BCUT2D eigenvalue weighted by atomic mass is 35.5. The van der Waals surface area contributed by atoms with Crippen LogP contribution in [0, 0.1) is 12.7 Å². The van der Waals surface area contributed by atoms with E-state index in [0.29, 0.717) is 10.6 Å². The van der Waals surface area contributed by atoms with Crippen LogP contribution in [-0.4, -0.2) is 39.6 Å². The number of rotatable bonds is 5. The molecule has 2 aromatic rings. The van der Waals surface area contributed by atoms with Crippen LogP contribution in [0.3, 0.4) is 0 Å². The molecule has 1 N–H and O–H groups in total. The molecule has 27 heavy (non-hydrogen) atoms. The molecule has 1 fully saturated rings. The first-order valence-corrected chi connectivity index (χ1v) is 12.0. The Hall–Kier alpha value is -1.48. The van der Waals surface area contributed by atoms with Crippen LogP contribution in [0.15, 0.2) is 47.4 Å². The molecule has 3 rings (SSSR count). The maximum atomic E-state index is 14.2. The minimum atomic E-state index is -4.16. The van der Waals surface area contributed by atoms with E-state index in [1.165, 1.54) is 12.1 Å². The van der Waals surface area contributed by atoms with E-state index in [1.807, 2.05) is 0 Å². The molecular formula is C18H19ClFNO4S2. The fourth-order valence-electron chi connectivity index (χ4n) is 3.15. The molecule has 0 unspecified atom stereocenters. The lowest BCUT2D eigenvalue weighted by Crippen LogP contribution is -2.43. The summed E-state index contributed by atoms with van der Waals surface area (Å²) < 4.78 is 64.4. The van der Waals surface area contributed by atoms with Gasteiger partial charge in [0.05, 0.1) is 16.8 Å². The van der Waals surface area contributed by atoms with Crippen LogP contribution in [0.1, 0.15) is 11.1 Å². The number of aryl methyl sites for hydroxylation is 1. The summed E-state index contributed by atoms with van der Waals surface area (Å²) in [7, 11) is -7.72. The lowest BCUT2D eigenvalue weighted by Gasteiger charge is -2.20. The molecule has 0 aromatic heterocycles. The summed E-state index contributed by atoms with van der Waals surface area (Å²) in [5, 5.41) is 2.33. The molecule has 0 radical (unpaired) electrons. The highest BCUT2D eigenvalue weighted by molar-refractivity contribution is 7.96. The normalized spacial score (nSPS) is 22.0. The fourth-order valence-corrected chi connectivity index (χ4v) is 8.15. The second-order valence-electron chi connectivity index (χ2n) is 6.71. The van der Waals surface area contributed by atoms with Gasteiger partial charge in [-0.15, -0.1) is 0 Å². The Labute approximate surface area is 163 Å². The Bertz CT molecular complexity index is 1050. The van der Waals surface area contributed by atoms with Gasteiger partial charge in [0.15, 0.2) is 19.7 Å². The van der Waals surface area contributed by atoms with Crippen molar-refractivity contribution in [3.05, 3.63) is 64.4 Å². The van der Waals surface area contributed by atoms with Crippen LogP contribution in [0.2, 0.25) is 5.02 Å². The van der Waals surface area contributed by atoms with Crippen molar-refractivity contribution in [3.63, 3.8) is 0 Å². The molecule has 0 bridgehead atoms. The number of hydrogen-bond acceptors (Lipinski definition) is 5. The van der Waals surface area contributed by atoms with Gasteiger partial charge in [-0.2, -0.15) is 0 Å². The first-order chi connectivity index (χ1) is 12.6. The summed E-state index contributed by atoms with van der Waals surface area (Å²) in [6, 6.07) is 9.89. The van der Waals surface area contributed by atoms with E-state index in [1.54, 1.807) is 31.2 Å². The quantitative estimate of drug-likeness (QED) is 0.786. The van der Waals surface area contributed by atoms with Gasteiger partial charge in [0, 0.05) is 17.6 Å². The Morgan fingerprint density at radius 2 is 1.81 bits per heavy atom. The number of benzene rings is 2. The van der Waals surface area contributed by atoms with Crippen molar-refractivity contribution in [2.75, 3.05) is 11.5 Å². The second kappa shape index (κ2) is 7.50. The maximum absolute atomic E-state index is 14.2. The molecule has 0 saturated carbocycles. The molecule has 2 atom stereocenters. The lowest BCUT2D eigenvalue weighted by atomic mass is 10.2. The van der Waals surface area contributed by atoms with Gasteiger partial charge in [-0.3, -0.25) is 0 Å². The predicted molar refractivity (Wildman–Crippen MR) is 103 cm³/mol. The van der Waals surface area contributed by atoms with Crippen molar-refractivity contribution in [2.45, 2.75) is 29.7 Å². The first-order valence-electron chi connectivity index (χ1n) is 8.27. The van der Waals surface area contributed by atoms with Crippen molar-refractivity contribution in [1.29, 1.82) is 0 Å². The standard InChI is InChI=1S/C18H19ClFNO4S2/c1-12-2-7-15(20)17(8-12)27(24,25)18-11-26(22,23)10-16(18)21-9-13-3-5-14(19)6-4-13/h2-8,16,18,21H,9-11H2,1H3/t16-,18-/m0/s1. The highest BCUT2D eigenvalue weighted by Gasteiger charge is 2.46. The zero-order valence-electron chi connectivity index (χ0n) is 14.5. The van der Waals surface area contributed by atoms with Crippen molar-refractivity contribution < 1.29 is 21.2 Å². The summed E-state index contributed by atoms with van der Waals surface area (Å²) >= 11 is 5.84. The molecule has 146 valence electrons. The summed E-state index contributed by atoms with van der Waals surface area (Å²) in [6.45, 7) is 1.93. The predicted octanol–water partition coefficient (Wildman–Crippen LogP) is 2.52. The average molecular weight is 432 g/mol. The van der Waals surface area contributed by atoms with Crippen LogP contribution in [0.5, 0.6) is 0 Å². The van der Waals surface area contributed by atoms with Crippen LogP contribution in [0.4, 0.5) is 4.39 Å². The first kappa shape index (κ1) is 20.3. The molecule has 2 aromatic carbocycles. The van der Waals surface area contributed by atoms with Crippen molar-refractivity contribution in [3.8, 4) is 0 Å². The van der Waals surface area contributed by atoms with E-state index in [-0.39, 0.29) is 12.3 Å². The van der Waals surface area contributed by atoms with Gasteiger partial charge in [0.2, 0.25) is 0 Å². The van der Waals surface area contributed by atoms with Gasteiger partial charge in [-0.05, 0) is 42.3 Å². The number of sulfone groups is 2. The van der Waals surface area contributed by atoms with Crippen molar-refractivity contribution >= 4 is 31.3 Å². The monoisotopic (exact) mass is 431 g/mol. The number of nitrogens with one attached hydrogen (secondary N) is 1. The summed E-state index contributed by atoms with van der Waals surface area (Å²) in [6.07, 6.45) is 0. The topological polar surface area (TPSA) is 80.3 Å². The van der Waals surface area contributed by atoms with E-state index in [2.05, 4.69) is 5.32 Å². The molecule has 5 nitrogen and oxygen atoms in total. The summed E-state index contributed by atoms with van der Waals surface area (Å²) in [4.78, 5) is -0.456. The van der Waals surface area contributed by atoms with Crippen molar-refractivity contribution in [1.82, 2.24) is 5.32 Å². The van der Waals surface area contributed by atoms with Gasteiger partial charge < -0.3 is 5.32 Å². The molecule has 0 aliphatic carbocycles. The van der Waals surface area contributed by atoms with E-state index in [4.69, 9.17) is 11.6 Å². The molecule has 1 saturated heterocycles. The summed E-state index contributed by atoms with van der Waals surface area (Å²) in [5.41, 5.74) is 1.42. The number of hydrogen-bond donors (Lipinski definition) is 1. The minimum Gasteiger partial charge on any atom is -0.308 e. The molecule has 0 spiro atoms. The van der Waals surface area contributed by atoms with Gasteiger partial charge >= 0.3 is 0 Å². The molecular weight excluding hydrogens is 413 g/mol. The van der Waals surface area contributed by atoms with E-state index >= 15 is 0 Å². The van der Waals surface area contributed by atoms with Gasteiger partial charge in [0.25, 0.3) is 0 Å². The van der Waals surface area contributed by atoms with Crippen molar-refractivity contribution in [2.24, 2.45) is 0 Å². The van der Waals surface area contributed by atoms with Crippen LogP contribution >= 0.6 is 11.6 Å². The Morgan fingerprint density at radius 1 is 1.15 bits per heavy atom. The van der Waals surface area contributed by atoms with Gasteiger partial charge in [0.1, 0.15) is 10.7 Å². The van der Waals surface area contributed by atoms with E-state index < -0.39 is 47.4 Å². The minimum absolute atomic E-state index is 0.277. The average Bonchev–Trinajstić information content (AvgIpc) is 2.92. The SMILES string of the molecule is Cc1ccc(F)c(S(=O)(=O)[C@H]2CS(=O)(=O)C[C@@H]2NCc2ccc(Cl)cc2)c1. The fraction of sp³-hybridized carbons (Fsp3) is 0.333. The maximum Gasteiger partial charge on any atom is 0.186 e. The van der Waals surface area contributed by atoms with Gasteiger partial charge in [-0.1, -0.05) is 29.8 Å². The lowest BCUT2D eigenvalue weighted by molar-refractivity contribution is 0.518. The van der Waals surface area contributed by atoms with E-state index in [9.17, 15) is 21.2 Å². The Kier molecular flexibility index (Phi) is 5.63. The Balaban J connectivity index is 1.89. The molecule has 1 aliphatic rings. The third kappa shape index (κ3) is 4.51. The zero-order chi connectivity index (χ0) is 19.8. The second-order valence-corrected chi connectivity index (χ2v) is 11.4. The van der Waals surface area contributed by atoms with E-state index in [0.717, 1.165) is 11.6 Å². The van der Waals surface area contributed by atoms with Crippen LogP contribution in [-0.2, 0) is 26.2 Å². The van der Waals surface area contributed by atoms with Crippen LogP contribution in [0.25, 0.3) is 0 Å². The zero-order valence-corrected chi connectivity index (χ0v) is 16.9. The summed E-state index contributed by atoms with van der Waals surface area (Å²) in [5.74, 6) is -1.71.